The molecule has 0 saturated heterocycles. The van der Waals surface area contributed by atoms with E-state index in [4.69, 9.17) is 14.9 Å². The molecule has 0 bridgehead atoms. The van der Waals surface area contributed by atoms with E-state index < -0.39 is 10.0 Å². The minimum atomic E-state index is -3.76. The van der Waals surface area contributed by atoms with Gasteiger partial charge in [0.15, 0.2) is 0 Å². The van der Waals surface area contributed by atoms with Crippen molar-refractivity contribution >= 4 is 10.0 Å². The van der Waals surface area contributed by atoms with E-state index in [0.717, 1.165) is 0 Å². The maximum Gasteiger partial charge on any atom is 0.243 e. The largest absolute Gasteiger partial charge is 0.468 e. The van der Waals surface area contributed by atoms with Crippen LogP contribution >= 0.6 is 0 Å². The Morgan fingerprint density at radius 2 is 1.86 bits per heavy atom. The fourth-order valence-corrected chi connectivity index (χ4v) is 3.29. The van der Waals surface area contributed by atoms with Gasteiger partial charge in [0.2, 0.25) is 10.0 Å². The fraction of sp³-hybridized carbons (Fsp3) is 0.200. The molecular formula is C15H13N3O3S. The van der Waals surface area contributed by atoms with Crippen molar-refractivity contribution in [3.63, 3.8) is 0 Å². The van der Waals surface area contributed by atoms with Gasteiger partial charge in [-0.15, -0.1) is 0 Å². The Bertz CT molecular complexity index is 797. The molecule has 0 atom stereocenters. The molecule has 2 rings (SSSR count). The summed E-state index contributed by atoms with van der Waals surface area (Å²) >= 11 is 0. The Labute approximate surface area is 128 Å². The van der Waals surface area contributed by atoms with Crippen LogP contribution in [0.25, 0.3) is 0 Å². The highest BCUT2D eigenvalue weighted by molar-refractivity contribution is 7.89. The first-order valence-electron chi connectivity index (χ1n) is 6.47. The summed E-state index contributed by atoms with van der Waals surface area (Å²) in [6, 6.07) is 12.9. The Kier molecular flexibility index (Phi) is 4.95. The van der Waals surface area contributed by atoms with Crippen molar-refractivity contribution in [2.75, 3.05) is 6.54 Å². The van der Waals surface area contributed by atoms with E-state index in [1.54, 1.807) is 12.1 Å². The highest BCUT2D eigenvalue weighted by Gasteiger charge is 2.25. The SMILES string of the molecule is N#CCCN(Cc1ccco1)S(=O)(=O)c1ccc(C#N)cc1. The monoisotopic (exact) mass is 315 g/mol. The summed E-state index contributed by atoms with van der Waals surface area (Å²) in [5.74, 6) is 0.496. The number of benzene rings is 1. The summed E-state index contributed by atoms with van der Waals surface area (Å²) in [5.41, 5.74) is 0.383. The minimum absolute atomic E-state index is 0.0526. The van der Waals surface area contributed by atoms with Gasteiger partial charge < -0.3 is 4.42 Å². The van der Waals surface area contributed by atoms with Gasteiger partial charge in [0.05, 0.1) is 35.4 Å². The van der Waals surface area contributed by atoms with Crippen molar-refractivity contribution in [3.05, 3.63) is 54.0 Å². The first-order valence-corrected chi connectivity index (χ1v) is 7.91. The molecule has 6 nitrogen and oxygen atoms in total. The molecule has 0 spiro atoms. The summed E-state index contributed by atoms with van der Waals surface area (Å²) < 4.78 is 31.7. The van der Waals surface area contributed by atoms with Gasteiger partial charge in [-0.2, -0.15) is 14.8 Å². The summed E-state index contributed by atoms with van der Waals surface area (Å²) in [6.07, 6.45) is 1.54. The van der Waals surface area contributed by atoms with Gasteiger partial charge in [-0.3, -0.25) is 0 Å². The lowest BCUT2D eigenvalue weighted by Crippen LogP contribution is -2.31. The molecule has 0 N–H and O–H groups in total. The Morgan fingerprint density at radius 3 is 2.41 bits per heavy atom. The number of hydrogen-bond acceptors (Lipinski definition) is 5. The van der Waals surface area contributed by atoms with E-state index in [1.807, 2.05) is 12.1 Å². The van der Waals surface area contributed by atoms with Crippen LogP contribution in [0.4, 0.5) is 0 Å². The van der Waals surface area contributed by atoms with E-state index in [-0.39, 0.29) is 24.4 Å². The van der Waals surface area contributed by atoms with Gasteiger partial charge >= 0.3 is 0 Å². The van der Waals surface area contributed by atoms with Crippen molar-refractivity contribution < 1.29 is 12.8 Å². The molecule has 1 heterocycles. The number of rotatable bonds is 6. The van der Waals surface area contributed by atoms with Crippen molar-refractivity contribution in [1.29, 1.82) is 10.5 Å². The lowest BCUT2D eigenvalue weighted by molar-refractivity contribution is 0.368. The van der Waals surface area contributed by atoms with Gasteiger partial charge in [-0.05, 0) is 36.4 Å². The standard InChI is InChI=1S/C15H13N3O3S/c16-8-2-9-18(12-14-3-1-10-21-14)22(19,20)15-6-4-13(11-17)5-7-15/h1,3-7,10H,2,9,12H2. The van der Waals surface area contributed by atoms with Crippen LogP contribution in [0, 0.1) is 22.7 Å². The van der Waals surface area contributed by atoms with Gasteiger partial charge in [0.1, 0.15) is 5.76 Å². The van der Waals surface area contributed by atoms with Gasteiger partial charge in [0, 0.05) is 13.0 Å². The van der Waals surface area contributed by atoms with Crippen LogP contribution in [0.3, 0.4) is 0 Å². The zero-order chi connectivity index (χ0) is 16.0. The molecule has 7 heteroatoms. The van der Waals surface area contributed by atoms with E-state index in [2.05, 4.69) is 0 Å². The summed E-state index contributed by atoms with van der Waals surface area (Å²) in [4.78, 5) is 0.0796. The second-order valence-electron chi connectivity index (χ2n) is 4.46. The molecule has 1 aromatic carbocycles. The van der Waals surface area contributed by atoms with Crippen molar-refractivity contribution in [2.45, 2.75) is 17.9 Å². The van der Waals surface area contributed by atoms with Crippen LogP contribution in [0.5, 0.6) is 0 Å². The average molecular weight is 315 g/mol. The summed E-state index contributed by atoms with van der Waals surface area (Å²) in [5, 5.41) is 17.5. The lowest BCUT2D eigenvalue weighted by Gasteiger charge is -2.20. The smallest absolute Gasteiger partial charge is 0.243 e. The molecule has 0 radical (unpaired) electrons. The maximum absolute atomic E-state index is 12.7. The molecule has 0 aliphatic heterocycles. The third-order valence-electron chi connectivity index (χ3n) is 3.01. The quantitative estimate of drug-likeness (QED) is 0.814. The Morgan fingerprint density at radius 1 is 1.14 bits per heavy atom. The van der Waals surface area contributed by atoms with E-state index in [9.17, 15) is 8.42 Å². The van der Waals surface area contributed by atoms with Crippen LogP contribution < -0.4 is 0 Å². The summed E-state index contributed by atoms with van der Waals surface area (Å²) in [6.45, 7) is 0.122. The normalized spacial score (nSPS) is 11.0. The molecule has 1 aromatic heterocycles. The zero-order valence-electron chi connectivity index (χ0n) is 11.6. The van der Waals surface area contributed by atoms with Crippen LogP contribution in [0.1, 0.15) is 17.7 Å². The zero-order valence-corrected chi connectivity index (χ0v) is 12.5. The second kappa shape index (κ2) is 6.90. The molecular weight excluding hydrogens is 302 g/mol. The first-order chi connectivity index (χ1) is 10.6. The maximum atomic E-state index is 12.7. The van der Waals surface area contributed by atoms with Crippen LogP contribution in [-0.4, -0.2) is 19.3 Å². The number of sulfonamides is 1. The third-order valence-corrected chi connectivity index (χ3v) is 4.87. The highest BCUT2D eigenvalue weighted by Crippen LogP contribution is 2.19. The van der Waals surface area contributed by atoms with Crippen molar-refractivity contribution in [3.8, 4) is 12.1 Å². The summed E-state index contributed by atoms with van der Waals surface area (Å²) in [7, 11) is -3.76. The number of nitriles is 2. The molecule has 0 aliphatic carbocycles. The highest BCUT2D eigenvalue weighted by atomic mass is 32.2. The molecule has 112 valence electrons. The van der Waals surface area contributed by atoms with Gasteiger partial charge in [0.25, 0.3) is 0 Å². The molecule has 0 fully saturated rings. The number of hydrogen-bond donors (Lipinski definition) is 0. The molecule has 0 saturated carbocycles. The fourth-order valence-electron chi connectivity index (χ4n) is 1.89. The molecule has 22 heavy (non-hydrogen) atoms. The van der Waals surface area contributed by atoms with Crippen molar-refractivity contribution in [2.24, 2.45) is 0 Å². The topological polar surface area (TPSA) is 98.1 Å². The average Bonchev–Trinajstić information content (AvgIpc) is 3.04. The molecule has 0 unspecified atom stereocenters. The Hall–Kier alpha value is -2.61. The molecule has 0 aliphatic rings. The van der Waals surface area contributed by atoms with Gasteiger partial charge in [-0.1, -0.05) is 0 Å². The predicted octanol–water partition coefficient (Wildman–Crippen LogP) is 2.26. The predicted molar refractivity (Wildman–Crippen MR) is 77.7 cm³/mol. The number of nitrogens with zero attached hydrogens (tertiary/aromatic N) is 3. The molecule has 2 aromatic rings. The van der Waals surface area contributed by atoms with E-state index in [1.165, 1.54) is 34.8 Å². The van der Waals surface area contributed by atoms with E-state index in [0.29, 0.717) is 11.3 Å². The Balaban J connectivity index is 2.31. The van der Waals surface area contributed by atoms with Gasteiger partial charge in [-0.25, -0.2) is 8.42 Å². The first kappa shape index (κ1) is 15.8. The van der Waals surface area contributed by atoms with Crippen LogP contribution in [0.15, 0.2) is 52.0 Å². The lowest BCUT2D eigenvalue weighted by atomic mass is 10.2. The second-order valence-corrected chi connectivity index (χ2v) is 6.40. The van der Waals surface area contributed by atoms with Crippen LogP contribution in [0.2, 0.25) is 0 Å². The van der Waals surface area contributed by atoms with Crippen molar-refractivity contribution in [1.82, 2.24) is 4.31 Å². The minimum Gasteiger partial charge on any atom is -0.468 e. The molecule has 0 amide bonds. The third kappa shape index (κ3) is 3.53. The van der Waals surface area contributed by atoms with E-state index >= 15 is 0 Å². The van der Waals surface area contributed by atoms with Crippen LogP contribution in [-0.2, 0) is 16.6 Å². The number of furan rings is 1.